The normalized spacial score (nSPS) is 10.6. The summed E-state index contributed by atoms with van der Waals surface area (Å²) in [5, 5.41) is 3.48. The summed E-state index contributed by atoms with van der Waals surface area (Å²) in [6.45, 7) is 3.07. The number of aromatic nitrogens is 2. The van der Waals surface area contributed by atoms with Gasteiger partial charge in [-0.05, 0) is 30.2 Å². The number of rotatable bonds is 5. The number of anilines is 1. The lowest BCUT2D eigenvalue weighted by Gasteiger charge is -2.11. The van der Waals surface area contributed by atoms with E-state index in [4.69, 9.17) is 0 Å². The molecule has 0 bridgehead atoms. The Labute approximate surface area is 116 Å². The van der Waals surface area contributed by atoms with Crippen LogP contribution >= 0.6 is 15.9 Å². The number of benzene rings is 1. The highest BCUT2D eigenvalue weighted by molar-refractivity contribution is 9.10. The zero-order chi connectivity index (χ0) is 13.0. The summed E-state index contributed by atoms with van der Waals surface area (Å²) in [5.41, 5.74) is 2.55. The minimum absolute atomic E-state index is 0.902. The van der Waals surface area contributed by atoms with Crippen molar-refractivity contribution in [3.63, 3.8) is 0 Å². The molecule has 0 aliphatic rings. The van der Waals surface area contributed by atoms with Crippen LogP contribution in [0.2, 0.25) is 0 Å². The third-order valence-corrected chi connectivity index (χ3v) is 3.53. The summed E-state index contributed by atoms with van der Waals surface area (Å²) in [7, 11) is 2.03. The van der Waals surface area contributed by atoms with Gasteiger partial charge in [0.2, 0.25) is 0 Å². The number of halogens is 1. The van der Waals surface area contributed by atoms with Crippen molar-refractivity contribution in [3.8, 4) is 0 Å². The number of nitrogens with one attached hydrogen (secondary N) is 1. The molecule has 0 saturated carbocycles. The second-order valence-corrected chi connectivity index (χ2v) is 5.20. The quantitative estimate of drug-likeness (QED) is 0.917. The van der Waals surface area contributed by atoms with Crippen LogP contribution in [-0.4, -0.2) is 16.1 Å². The second kappa shape index (κ2) is 6.05. The molecule has 0 spiro atoms. The van der Waals surface area contributed by atoms with Crippen LogP contribution in [0.3, 0.4) is 0 Å². The Balaban J connectivity index is 1.96. The summed E-state index contributed by atoms with van der Waals surface area (Å²) in [5.74, 6) is 1.11. The molecule has 18 heavy (non-hydrogen) atoms. The van der Waals surface area contributed by atoms with E-state index in [1.807, 2.05) is 19.4 Å². The van der Waals surface area contributed by atoms with Crippen LogP contribution in [0.1, 0.15) is 18.3 Å². The standard InChI is InChI=1S/C14H18BrN3/c1-3-11-10-12(15)4-5-13(11)16-7-6-14-17-8-9-18(14)2/h4-5,8-10,16H,3,6-7H2,1-2H3. The highest BCUT2D eigenvalue weighted by Crippen LogP contribution is 2.21. The molecule has 0 aliphatic carbocycles. The first kappa shape index (κ1) is 13.1. The van der Waals surface area contributed by atoms with Gasteiger partial charge >= 0.3 is 0 Å². The zero-order valence-corrected chi connectivity index (χ0v) is 12.4. The summed E-state index contributed by atoms with van der Waals surface area (Å²) < 4.78 is 3.19. The highest BCUT2D eigenvalue weighted by atomic mass is 79.9. The van der Waals surface area contributed by atoms with E-state index in [-0.39, 0.29) is 0 Å². The van der Waals surface area contributed by atoms with Crippen LogP contribution in [0.15, 0.2) is 35.1 Å². The minimum Gasteiger partial charge on any atom is -0.384 e. The molecule has 1 heterocycles. The van der Waals surface area contributed by atoms with E-state index in [1.165, 1.54) is 11.3 Å². The number of aryl methyl sites for hydroxylation is 2. The van der Waals surface area contributed by atoms with Crippen LogP contribution in [-0.2, 0) is 19.9 Å². The average Bonchev–Trinajstić information content (AvgIpc) is 2.77. The van der Waals surface area contributed by atoms with Crippen molar-refractivity contribution in [2.75, 3.05) is 11.9 Å². The monoisotopic (exact) mass is 307 g/mol. The van der Waals surface area contributed by atoms with E-state index in [2.05, 4.69) is 55.9 Å². The molecular weight excluding hydrogens is 290 g/mol. The maximum absolute atomic E-state index is 4.32. The predicted octanol–water partition coefficient (Wildman–Crippen LogP) is 3.40. The van der Waals surface area contributed by atoms with Gasteiger partial charge in [0.25, 0.3) is 0 Å². The molecule has 0 fully saturated rings. The lowest BCUT2D eigenvalue weighted by atomic mass is 10.1. The Hall–Kier alpha value is -1.29. The first-order valence-electron chi connectivity index (χ1n) is 6.19. The number of hydrogen-bond acceptors (Lipinski definition) is 2. The summed E-state index contributed by atoms with van der Waals surface area (Å²) in [4.78, 5) is 4.32. The molecule has 0 amide bonds. The Bertz CT molecular complexity index is 520. The fraction of sp³-hybridized carbons (Fsp3) is 0.357. The summed E-state index contributed by atoms with van der Waals surface area (Å²) >= 11 is 3.51. The predicted molar refractivity (Wildman–Crippen MR) is 78.9 cm³/mol. The van der Waals surface area contributed by atoms with Crippen LogP contribution < -0.4 is 5.32 Å². The van der Waals surface area contributed by atoms with Crippen molar-refractivity contribution in [2.45, 2.75) is 19.8 Å². The summed E-state index contributed by atoms with van der Waals surface area (Å²) in [6.07, 6.45) is 5.78. The molecule has 1 aromatic heterocycles. The van der Waals surface area contributed by atoms with Crippen LogP contribution in [0, 0.1) is 0 Å². The third kappa shape index (κ3) is 3.13. The Kier molecular flexibility index (Phi) is 4.42. The fourth-order valence-corrected chi connectivity index (χ4v) is 2.38. The van der Waals surface area contributed by atoms with E-state index in [0.29, 0.717) is 0 Å². The average molecular weight is 308 g/mol. The molecule has 1 aromatic carbocycles. The van der Waals surface area contributed by atoms with Crippen LogP contribution in [0.25, 0.3) is 0 Å². The van der Waals surface area contributed by atoms with Crippen molar-refractivity contribution in [1.29, 1.82) is 0 Å². The third-order valence-electron chi connectivity index (χ3n) is 3.03. The van der Waals surface area contributed by atoms with Crippen molar-refractivity contribution in [2.24, 2.45) is 7.05 Å². The SMILES string of the molecule is CCc1cc(Br)ccc1NCCc1nccn1C. The summed E-state index contributed by atoms with van der Waals surface area (Å²) in [6, 6.07) is 6.37. The molecule has 0 radical (unpaired) electrons. The van der Waals surface area contributed by atoms with Gasteiger partial charge in [-0.15, -0.1) is 0 Å². The van der Waals surface area contributed by atoms with Gasteiger partial charge in [-0.25, -0.2) is 4.98 Å². The largest absolute Gasteiger partial charge is 0.384 e. The zero-order valence-electron chi connectivity index (χ0n) is 10.8. The second-order valence-electron chi connectivity index (χ2n) is 4.29. The van der Waals surface area contributed by atoms with Gasteiger partial charge in [-0.2, -0.15) is 0 Å². The van der Waals surface area contributed by atoms with E-state index >= 15 is 0 Å². The number of nitrogens with zero attached hydrogens (tertiary/aromatic N) is 2. The topological polar surface area (TPSA) is 29.9 Å². The van der Waals surface area contributed by atoms with Crippen LogP contribution in [0.5, 0.6) is 0 Å². The molecule has 96 valence electrons. The molecule has 0 unspecified atom stereocenters. The van der Waals surface area contributed by atoms with Gasteiger partial charge in [0.05, 0.1) is 0 Å². The molecule has 2 aromatic rings. The molecule has 1 N–H and O–H groups in total. The molecule has 4 heteroatoms. The molecule has 2 rings (SSSR count). The van der Waals surface area contributed by atoms with E-state index in [9.17, 15) is 0 Å². The maximum atomic E-state index is 4.32. The molecule has 0 atom stereocenters. The van der Waals surface area contributed by atoms with Crippen LogP contribution in [0.4, 0.5) is 5.69 Å². The maximum Gasteiger partial charge on any atom is 0.110 e. The van der Waals surface area contributed by atoms with E-state index < -0.39 is 0 Å². The van der Waals surface area contributed by atoms with Gasteiger partial charge in [-0.3, -0.25) is 0 Å². The van der Waals surface area contributed by atoms with Crippen molar-refractivity contribution >= 4 is 21.6 Å². The van der Waals surface area contributed by atoms with E-state index in [0.717, 1.165) is 29.7 Å². The van der Waals surface area contributed by atoms with Gasteiger partial charge in [-0.1, -0.05) is 22.9 Å². The lowest BCUT2D eigenvalue weighted by Crippen LogP contribution is -2.09. The van der Waals surface area contributed by atoms with Crippen molar-refractivity contribution < 1.29 is 0 Å². The first-order valence-corrected chi connectivity index (χ1v) is 6.98. The number of hydrogen-bond donors (Lipinski definition) is 1. The Morgan fingerprint density at radius 1 is 1.39 bits per heavy atom. The number of imidazole rings is 1. The van der Waals surface area contributed by atoms with Gasteiger partial charge in [0.1, 0.15) is 5.82 Å². The van der Waals surface area contributed by atoms with Crippen molar-refractivity contribution in [3.05, 3.63) is 46.5 Å². The highest BCUT2D eigenvalue weighted by Gasteiger charge is 2.02. The smallest absolute Gasteiger partial charge is 0.110 e. The first-order chi connectivity index (χ1) is 8.70. The molecule has 0 aliphatic heterocycles. The van der Waals surface area contributed by atoms with Gasteiger partial charge < -0.3 is 9.88 Å². The van der Waals surface area contributed by atoms with Crippen molar-refractivity contribution in [1.82, 2.24) is 9.55 Å². The van der Waals surface area contributed by atoms with Gasteiger partial charge in [0.15, 0.2) is 0 Å². The molecular formula is C14H18BrN3. The molecule has 0 saturated heterocycles. The van der Waals surface area contributed by atoms with E-state index in [1.54, 1.807) is 0 Å². The Morgan fingerprint density at radius 2 is 2.22 bits per heavy atom. The Morgan fingerprint density at radius 3 is 2.89 bits per heavy atom. The fourth-order valence-electron chi connectivity index (χ4n) is 1.97. The molecule has 3 nitrogen and oxygen atoms in total. The lowest BCUT2D eigenvalue weighted by molar-refractivity contribution is 0.789. The van der Waals surface area contributed by atoms with Gasteiger partial charge in [0, 0.05) is 42.6 Å². The minimum atomic E-state index is 0.902.